The van der Waals surface area contributed by atoms with Gasteiger partial charge in [0.1, 0.15) is 12.7 Å². The molecule has 0 amide bonds. The van der Waals surface area contributed by atoms with Crippen LogP contribution in [0.25, 0.3) is 11.2 Å². The quantitative estimate of drug-likeness (QED) is 0.516. The molecule has 0 radical (unpaired) electrons. The largest absolute Gasteiger partial charge is 0.463 e. The van der Waals surface area contributed by atoms with E-state index in [0.29, 0.717) is 0 Å². The molecule has 0 unspecified atom stereocenters. The molecule has 3 heterocycles. The third kappa shape index (κ3) is 3.86. The Balaban J connectivity index is 2.02. The fourth-order valence-corrected chi connectivity index (χ4v) is 2.97. The fraction of sp³-hybridized carbons (Fsp3) is 0.500. The van der Waals surface area contributed by atoms with Gasteiger partial charge >= 0.3 is 17.9 Å². The number of esters is 3. The van der Waals surface area contributed by atoms with E-state index >= 15 is 0 Å². The Morgan fingerprint density at radius 2 is 1.79 bits per heavy atom. The first kappa shape index (κ1) is 19.5. The number of aromatic amines is 1. The van der Waals surface area contributed by atoms with Gasteiger partial charge in [-0.05, 0) is 0 Å². The van der Waals surface area contributed by atoms with Crippen molar-refractivity contribution in [3.8, 4) is 0 Å². The Hall–Kier alpha value is -3.28. The molecule has 1 saturated heterocycles. The van der Waals surface area contributed by atoms with Gasteiger partial charge in [-0.15, -0.1) is 0 Å². The SMILES string of the molecule is CC(=O)OC[C@@H]1O[C@@H](n2cnc3c(=O)[nH]cnc32)[C@@H](OC(C)=O)[C@H]1OC(C)=O. The third-order valence-corrected chi connectivity index (χ3v) is 3.98. The number of rotatable bonds is 5. The van der Waals surface area contributed by atoms with E-state index in [-0.39, 0.29) is 17.8 Å². The number of imidazole rings is 1. The smallest absolute Gasteiger partial charge is 0.303 e. The van der Waals surface area contributed by atoms with Gasteiger partial charge in [0.2, 0.25) is 0 Å². The second-order valence-electron chi connectivity index (χ2n) is 6.07. The number of fused-ring (bicyclic) bond motifs is 1. The van der Waals surface area contributed by atoms with E-state index in [2.05, 4.69) is 15.0 Å². The number of nitrogens with one attached hydrogen (secondary N) is 1. The van der Waals surface area contributed by atoms with Crippen molar-refractivity contribution in [2.24, 2.45) is 0 Å². The second-order valence-corrected chi connectivity index (χ2v) is 6.07. The summed E-state index contributed by atoms with van der Waals surface area (Å²) in [4.78, 5) is 56.8. The molecular formula is C16H18N4O8. The van der Waals surface area contributed by atoms with Crippen LogP contribution in [0.3, 0.4) is 0 Å². The zero-order valence-electron chi connectivity index (χ0n) is 15.3. The summed E-state index contributed by atoms with van der Waals surface area (Å²) >= 11 is 0. The highest BCUT2D eigenvalue weighted by molar-refractivity contribution is 5.70. The molecule has 3 rings (SSSR count). The van der Waals surface area contributed by atoms with Gasteiger partial charge in [0, 0.05) is 20.8 Å². The maximum absolute atomic E-state index is 11.9. The molecular weight excluding hydrogens is 376 g/mol. The normalized spacial score (nSPS) is 24.1. The molecule has 1 aliphatic heterocycles. The minimum Gasteiger partial charge on any atom is -0.463 e. The highest BCUT2D eigenvalue weighted by atomic mass is 16.7. The van der Waals surface area contributed by atoms with Gasteiger partial charge in [-0.3, -0.25) is 23.7 Å². The van der Waals surface area contributed by atoms with E-state index in [9.17, 15) is 19.2 Å². The van der Waals surface area contributed by atoms with Crippen molar-refractivity contribution < 1.29 is 33.3 Å². The minimum absolute atomic E-state index is 0.0557. The number of aromatic nitrogens is 4. The predicted octanol–water partition coefficient (Wildman–Crippen LogP) is -0.556. The van der Waals surface area contributed by atoms with Gasteiger partial charge in [0.15, 0.2) is 29.6 Å². The van der Waals surface area contributed by atoms with Crippen molar-refractivity contribution in [2.45, 2.75) is 45.3 Å². The van der Waals surface area contributed by atoms with Crippen molar-refractivity contribution in [1.29, 1.82) is 0 Å². The van der Waals surface area contributed by atoms with E-state index in [0.717, 1.165) is 0 Å². The molecule has 2 aromatic rings. The Kier molecular flexibility index (Phi) is 5.40. The van der Waals surface area contributed by atoms with Crippen molar-refractivity contribution in [1.82, 2.24) is 19.5 Å². The van der Waals surface area contributed by atoms with Gasteiger partial charge in [-0.1, -0.05) is 0 Å². The maximum Gasteiger partial charge on any atom is 0.303 e. The summed E-state index contributed by atoms with van der Waals surface area (Å²) < 4.78 is 22.8. The number of hydrogen-bond donors (Lipinski definition) is 1. The first-order valence-electron chi connectivity index (χ1n) is 8.31. The molecule has 2 aromatic heterocycles. The number of nitrogens with zero attached hydrogens (tertiary/aromatic N) is 3. The van der Waals surface area contributed by atoms with Crippen LogP contribution in [-0.2, 0) is 33.3 Å². The molecule has 12 heteroatoms. The lowest BCUT2D eigenvalue weighted by Gasteiger charge is -2.23. The molecule has 1 N–H and O–H groups in total. The topological polar surface area (TPSA) is 152 Å². The number of H-pyrrole nitrogens is 1. The molecule has 1 fully saturated rings. The zero-order valence-corrected chi connectivity index (χ0v) is 15.3. The van der Waals surface area contributed by atoms with Crippen LogP contribution in [0.4, 0.5) is 0 Å². The van der Waals surface area contributed by atoms with Crippen LogP contribution in [0.1, 0.15) is 27.0 Å². The monoisotopic (exact) mass is 394 g/mol. The molecule has 12 nitrogen and oxygen atoms in total. The zero-order chi connectivity index (χ0) is 20.4. The Labute approximate surface area is 157 Å². The summed E-state index contributed by atoms with van der Waals surface area (Å²) in [6.45, 7) is 3.36. The molecule has 4 atom stereocenters. The summed E-state index contributed by atoms with van der Waals surface area (Å²) in [5.74, 6) is -1.83. The van der Waals surface area contributed by atoms with Crippen molar-refractivity contribution in [3.05, 3.63) is 23.0 Å². The second kappa shape index (κ2) is 7.76. The Morgan fingerprint density at radius 1 is 1.11 bits per heavy atom. The summed E-state index contributed by atoms with van der Waals surface area (Å²) in [5.41, 5.74) is -0.223. The van der Waals surface area contributed by atoms with E-state index in [1.54, 1.807) is 0 Å². The lowest BCUT2D eigenvalue weighted by molar-refractivity contribution is -0.166. The molecule has 0 bridgehead atoms. The number of ether oxygens (including phenoxy) is 4. The van der Waals surface area contributed by atoms with Crippen LogP contribution >= 0.6 is 0 Å². The molecule has 150 valence electrons. The highest BCUT2D eigenvalue weighted by Crippen LogP contribution is 2.35. The highest BCUT2D eigenvalue weighted by Gasteiger charge is 2.51. The predicted molar refractivity (Wildman–Crippen MR) is 89.8 cm³/mol. The van der Waals surface area contributed by atoms with Crippen molar-refractivity contribution >= 4 is 29.1 Å². The summed E-state index contributed by atoms with van der Waals surface area (Å²) in [7, 11) is 0. The van der Waals surface area contributed by atoms with E-state index in [4.69, 9.17) is 18.9 Å². The minimum atomic E-state index is -1.08. The van der Waals surface area contributed by atoms with Crippen LogP contribution in [0, 0.1) is 0 Å². The number of carbonyl (C=O) groups is 3. The Morgan fingerprint density at radius 3 is 2.43 bits per heavy atom. The first-order chi connectivity index (χ1) is 13.3. The average molecular weight is 394 g/mol. The van der Waals surface area contributed by atoms with Gasteiger partial charge < -0.3 is 23.9 Å². The summed E-state index contributed by atoms with van der Waals surface area (Å²) in [6, 6.07) is 0. The standard InChI is InChI=1S/C16H18N4O8/c1-7(21)25-4-10-12(26-8(2)22)13(27-9(3)23)16(28-10)20-6-19-11-14(20)17-5-18-15(11)24/h5-6,10,12-13,16H,4H2,1-3H3,(H,17,18,24)/t10-,12-,13-,16+/m0/s1. The van der Waals surface area contributed by atoms with Crippen LogP contribution in [0.5, 0.6) is 0 Å². The lowest BCUT2D eigenvalue weighted by Crippen LogP contribution is -2.40. The van der Waals surface area contributed by atoms with Gasteiger partial charge in [-0.25, -0.2) is 9.97 Å². The summed E-state index contributed by atoms with van der Waals surface area (Å²) in [6.07, 6.45) is -1.58. The molecule has 0 saturated carbocycles. The van der Waals surface area contributed by atoms with Crippen LogP contribution < -0.4 is 5.56 Å². The fourth-order valence-electron chi connectivity index (χ4n) is 2.97. The maximum atomic E-state index is 11.9. The van der Waals surface area contributed by atoms with Gasteiger partial charge in [0.25, 0.3) is 5.56 Å². The molecule has 0 aromatic carbocycles. The molecule has 28 heavy (non-hydrogen) atoms. The van der Waals surface area contributed by atoms with Crippen molar-refractivity contribution in [3.63, 3.8) is 0 Å². The third-order valence-electron chi connectivity index (χ3n) is 3.98. The Bertz CT molecular complexity index is 967. The number of carbonyl (C=O) groups excluding carboxylic acids is 3. The van der Waals surface area contributed by atoms with Gasteiger partial charge in [0.05, 0.1) is 12.7 Å². The first-order valence-corrected chi connectivity index (χ1v) is 8.31. The van der Waals surface area contributed by atoms with E-state index < -0.39 is 48.0 Å². The van der Waals surface area contributed by atoms with Crippen molar-refractivity contribution in [2.75, 3.05) is 6.61 Å². The molecule has 1 aliphatic rings. The molecule has 0 spiro atoms. The lowest BCUT2D eigenvalue weighted by atomic mass is 10.1. The van der Waals surface area contributed by atoms with Crippen LogP contribution in [-0.4, -0.2) is 62.3 Å². The van der Waals surface area contributed by atoms with Crippen LogP contribution in [0.2, 0.25) is 0 Å². The van der Waals surface area contributed by atoms with Gasteiger partial charge in [-0.2, -0.15) is 0 Å². The average Bonchev–Trinajstić information content (AvgIpc) is 3.16. The van der Waals surface area contributed by atoms with E-state index in [1.807, 2.05) is 0 Å². The summed E-state index contributed by atoms with van der Waals surface area (Å²) in [5, 5.41) is 0. The van der Waals surface area contributed by atoms with Crippen LogP contribution in [0.15, 0.2) is 17.4 Å². The van der Waals surface area contributed by atoms with E-state index in [1.165, 1.54) is 38.0 Å². The number of hydrogen-bond acceptors (Lipinski definition) is 10. The molecule has 0 aliphatic carbocycles.